The molecule has 1 unspecified atom stereocenters. The summed E-state index contributed by atoms with van der Waals surface area (Å²) in [5, 5.41) is 15.3. The maximum absolute atomic E-state index is 13.6. The molecule has 4 heterocycles. The van der Waals surface area contributed by atoms with E-state index in [4.69, 9.17) is 20.2 Å². The van der Waals surface area contributed by atoms with Crippen molar-refractivity contribution in [3.8, 4) is 0 Å². The zero-order valence-electron chi connectivity index (χ0n) is 19.8. The summed E-state index contributed by atoms with van der Waals surface area (Å²) in [4.78, 5) is 32.4. The number of methoxy groups -OCH3 is 1. The Morgan fingerprint density at radius 2 is 2.12 bits per heavy atom. The average molecular weight is 580 g/mol. The fourth-order valence-corrected chi connectivity index (χ4v) is 12.0. The number of nitrogens with zero attached hydrogens (tertiary/aromatic N) is 4. The second-order valence-electron chi connectivity index (χ2n) is 9.60. The van der Waals surface area contributed by atoms with Crippen LogP contribution < -0.4 is 5.32 Å². The van der Waals surface area contributed by atoms with Crippen molar-refractivity contribution in [2.24, 2.45) is 11.8 Å². The number of fused-ring (bicyclic) bond motifs is 1. The zero-order chi connectivity index (χ0) is 23.8. The molecule has 184 valence electrons. The van der Waals surface area contributed by atoms with E-state index in [1.54, 1.807) is 6.21 Å². The quantitative estimate of drug-likeness (QED) is 0.235. The van der Waals surface area contributed by atoms with Crippen molar-refractivity contribution in [1.29, 1.82) is 5.41 Å². The van der Waals surface area contributed by atoms with Crippen molar-refractivity contribution >= 4 is 43.7 Å². The van der Waals surface area contributed by atoms with Gasteiger partial charge in [-0.2, -0.15) is 0 Å². The number of hydrogen-bond acceptors (Lipinski definition) is 6. The van der Waals surface area contributed by atoms with Gasteiger partial charge < -0.3 is 0 Å². The van der Waals surface area contributed by atoms with Gasteiger partial charge in [0.25, 0.3) is 0 Å². The van der Waals surface area contributed by atoms with E-state index in [1.165, 1.54) is 20.8 Å². The number of hydrogen-bond donors (Lipinski definition) is 2. The Kier molecular flexibility index (Phi) is 6.76. The summed E-state index contributed by atoms with van der Waals surface area (Å²) in [7, 11) is 1.33. The molecule has 0 radical (unpaired) electrons. The van der Waals surface area contributed by atoms with Crippen LogP contribution in [0.1, 0.15) is 55.8 Å². The molecule has 2 aromatic rings. The van der Waals surface area contributed by atoms with Crippen molar-refractivity contribution < 1.29 is 14.3 Å². The fourth-order valence-electron chi connectivity index (χ4n) is 5.07. The SMILES string of the molecule is COC(=O)N[C@H](C(=O)N1CCCC[C@H]1c1cc2nc(I3CCC(C=N)C3)c(C)cn2n1)C1CC1. The summed E-state index contributed by atoms with van der Waals surface area (Å²) in [6, 6.07) is 1.40. The van der Waals surface area contributed by atoms with Gasteiger partial charge in [0.15, 0.2) is 0 Å². The molecule has 34 heavy (non-hydrogen) atoms. The van der Waals surface area contributed by atoms with Crippen molar-refractivity contribution in [2.45, 2.75) is 57.5 Å². The number of halogens is 1. The van der Waals surface area contributed by atoms with E-state index in [1.807, 2.05) is 15.5 Å². The number of alkyl halides is 2. The molecular weight excluding hydrogens is 547 g/mol. The van der Waals surface area contributed by atoms with Crippen molar-refractivity contribution in [2.75, 3.05) is 22.5 Å². The van der Waals surface area contributed by atoms with Crippen LogP contribution in [0.5, 0.6) is 0 Å². The Bertz CT molecular complexity index is 1100. The first-order valence-corrected chi connectivity index (χ1v) is 16.3. The van der Waals surface area contributed by atoms with Gasteiger partial charge in [0.05, 0.1) is 7.11 Å². The number of rotatable bonds is 6. The third-order valence-electron chi connectivity index (χ3n) is 7.12. The number of carbonyl (C=O) groups excluding carboxylic acids is 2. The molecule has 0 aromatic carbocycles. The van der Waals surface area contributed by atoms with Gasteiger partial charge in [0.2, 0.25) is 0 Å². The molecule has 5 rings (SSSR count). The number of carbonyl (C=O) groups is 2. The molecule has 0 bridgehead atoms. The number of ether oxygens (including phenoxy) is 1. The van der Waals surface area contributed by atoms with Crippen molar-refractivity contribution in [3.63, 3.8) is 0 Å². The maximum atomic E-state index is 13.6. The van der Waals surface area contributed by atoms with E-state index >= 15 is 0 Å². The van der Waals surface area contributed by atoms with Crippen LogP contribution in [0.2, 0.25) is 0 Å². The van der Waals surface area contributed by atoms with Gasteiger partial charge >= 0.3 is 200 Å². The third-order valence-corrected chi connectivity index (χ3v) is 13.8. The second-order valence-corrected chi connectivity index (χ2v) is 15.2. The molecule has 3 atom stereocenters. The first kappa shape index (κ1) is 23.5. The molecule has 2 amide bonds. The van der Waals surface area contributed by atoms with Gasteiger partial charge in [0, 0.05) is 0 Å². The van der Waals surface area contributed by atoms with Gasteiger partial charge in [-0.25, -0.2) is 0 Å². The molecule has 2 aromatic heterocycles. The summed E-state index contributed by atoms with van der Waals surface area (Å²) in [5.41, 5.74) is 2.90. The first-order chi connectivity index (χ1) is 16.5. The standard InChI is InChI=1S/C24H33IN6O3/c1-15-14-31-20(27-22(15)25-9-8-16(12-25)13-26)11-18(29-31)19-5-3-4-10-30(19)23(32)21(17-6-7-17)28-24(33)34-2/h11,13-14,16-17,19,21,26H,3-10,12H2,1-2H3,(H,28,33)/t16?,19-,21-/m0/s1. The van der Waals surface area contributed by atoms with Crippen molar-refractivity contribution in [1.82, 2.24) is 24.8 Å². The summed E-state index contributed by atoms with van der Waals surface area (Å²) in [6.45, 7) is 2.79. The molecule has 1 aliphatic carbocycles. The van der Waals surface area contributed by atoms with Crippen LogP contribution in [0.3, 0.4) is 0 Å². The van der Waals surface area contributed by atoms with Crippen LogP contribution in [0.15, 0.2) is 12.3 Å². The fraction of sp³-hybridized carbons (Fsp3) is 0.625. The molecule has 10 heteroatoms. The summed E-state index contributed by atoms with van der Waals surface area (Å²) in [5.74, 6) is 0.573. The second kappa shape index (κ2) is 9.79. The van der Waals surface area contributed by atoms with E-state index in [0.29, 0.717) is 12.5 Å². The van der Waals surface area contributed by atoms with Crippen molar-refractivity contribution in [3.05, 3.63) is 27.2 Å². The van der Waals surface area contributed by atoms with E-state index < -0.39 is 32.0 Å². The van der Waals surface area contributed by atoms with E-state index in [0.717, 1.165) is 54.3 Å². The van der Waals surface area contributed by atoms with Crippen LogP contribution in [0.4, 0.5) is 4.79 Å². The molecule has 2 saturated heterocycles. The summed E-state index contributed by atoms with van der Waals surface area (Å²) < 4.78 is 10.3. The Morgan fingerprint density at radius 3 is 2.82 bits per heavy atom. The molecular formula is C24H33IN6O3. The third kappa shape index (κ3) is 4.65. The number of piperidine rings is 1. The van der Waals surface area contributed by atoms with Crippen LogP contribution in [0, 0.1) is 27.9 Å². The monoisotopic (exact) mass is 580 g/mol. The molecule has 0 spiro atoms. The summed E-state index contributed by atoms with van der Waals surface area (Å²) in [6.07, 6.45) is 9.00. The molecule has 3 aliphatic rings. The molecule has 9 nitrogen and oxygen atoms in total. The normalized spacial score (nSPS) is 24.8. The van der Waals surface area contributed by atoms with Gasteiger partial charge in [-0.15, -0.1) is 0 Å². The van der Waals surface area contributed by atoms with Gasteiger partial charge in [-0.05, 0) is 0 Å². The molecule has 3 fully saturated rings. The minimum atomic E-state index is -1.37. The van der Waals surface area contributed by atoms with Crippen LogP contribution in [-0.2, 0) is 9.53 Å². The number of nitrogens with one attached hydrogen (secondary N) is 2. The molecule has 2 aliphatic heterocycles. The topological polar surface area (TPSA) is 113 Å². The summed E-state index contributed by atoms with van der Waals surface area (Å²) >= 11 is -1.37. The Morgan fingerprint density at radius 1 is 1.29 bits per heavy atom. The minimum absolute atomic E-state index is 0.0310. The zero-order valence-corrected chi connectivity index (χ0v) is 22.0. The van der Waals surface area contributed by atoms with Crippen LogP contribution in [-0.4, -0.2) is 66.3 Å². The predicted octanol–water partition coefficient (Wildman–Crippen LogP) is 3.57. The predicted molar refractivity (Wildman–Crippen MR) is 137 cm³/mol. The van der Waals surface area contributed by atoms with E-state index in [9.17, 15) is 9.59 Å². The van der Waals surface area contributed by atoms with Gasteiger partial charge in [-0.1, -0.05) is 0 Å². The number of likely N-dealkylation sites (tertiary alicyclic amines) is 1. The van der Waals surface area contributed by atoms with Crippen LogP contribution >= 0.6 is 19.8 Å². The number of aryl methyl sites for hydroxylation is 1. The van der Waals surface area contributed by atoms with E-state index in [-0.39, 0.29) is 17.9 Å². The first-order valence-electron chi connectivity index (χ1n) is 12.1. The van der Waals surface area contributed by atoms with Crippen LogP contribution in [0.25, 0.3) is 5.65 Å². The van der Waals surface area contributed by atoms with Gasteiger partial charge in [0.1, 0.15) is 0 Å². The number of alkyl carbamates (subject to hydrolysis) is 1. The Hall–Kier alpha value is -2.24. The Labute approximate surface area is 206 Å². The van der Waals surface area contributed by atoms with Gasteiger partial charge in [-0.3, -0.25) is 0 Å². The molecule has 2 N–H and O–H groups in total. The average Bonchev–Trinajstić information content (AvgIpc) is 3.43. The molecule has 1 saturated carbocycles. The Balaban J connectivity index is 1.41. The van der Waals surface area contributed by atoms with E-state index in [2.05, 4.69) is 18.4 Å². The number of amides is 2. The number of aromatic nitrogens is 3.